The van der Waals surface area contributed by atoms with Crippen LogP contribution in [0.4, 0.5) is 0 Å². The van der Waals surface area contributed by atoms with E-state index in [1.54, 1.807) is 61.1 Å². The summed E-state index contributed by atoms with van der Waals surface area (Å²) in [5.41, 5.74) is 2.35. The zero-order valence-corrected chi connectivity index (χ0v) is 16.3. The standard InChI is InChI=1S/C20H17Cl2NO4/c1-12-15(10-19(24)27-11-21)16-9-13(26-2)7-8-18(16)23(12)20(25)14-5-3-4-6-17(14)22/h3-9H,10-11H2,1-2H3. The van der Waals surface area contributed by atoms with Gasteiger partial charge in [0.25, 0.3) is 5.91 Å². The molecule has 1 heterocycles. The van der Waals surface area contributed by atoms with Gasteiger partial charge in [-0.2, -0.15) is 0 Å². The predicted molar refractivity (Wildman–Crippen MR) is 105 cm³/mol. The summed E-state index contributed by atoms with van der Waals surface area (Å²) in [6.07, 6.45) is -0.00891. The molecule has 0 N–H and O–H groups in total. The minimum atomic E-state index is -0.472. The van der Waals surface area contributed by atoms with Crippen LogP contribution in [0.3, 0.4) is 0 Å². The first kappa shape index (κ1) is 19.3. The van der Waals surface area contributed by atoms with Crippen molar-refractivity contribution in [1.29, 1.82) is 0 Å². The highest BCUT2D eigenvalue weighted by Gasteiger charge is 2.23. The lowest BCUT2D eigenvalue weighted by atomic mass is 10.1. The molecule has 2 aromatic carbocycles. The molecule has 0 amide bonds. The first-order chi connectivity index (χ1) is 13.0. The Kier molecular flexibility index (Phi) is 5.73. The van der Waals surface area contributed by atoms with Crippen molar-refractivity contribution in [2.75, 3.05) is 13.2 Å². The van der Waals surface area contributed by atoms with E-state index in [0.717, 1.165) is 5.39 Å². The number of hydrogen-bond acceptors (Lipinski definition) is 4. The summed E-state index contributed by atoms with van der Waals surface area (Å²) < 4.78 is 11.7. The number of rotatable bonds is 5. The first-order valence-electron chi connectivity index (χ1n) is 8.16. The van der Waals surface area contributed by atoms with Crippen LogP contribution in [-0.2, 0) is 16.0 Å². The quantitative estimate of drug-likeness (QED) is 0.460. The van der Waals surface area contributed by atoms with Gasteiger partial charge in [-0.15, -0.1) is 0 Å². The molecular formula is C20H17Cl2NO4. The number of carbonyl (C=O) groups excluding carboxylic acids is 2. The van der Waals surface area contributed by atoms with E-state index in [-0.39, 0.29) is 18.4 Å². The van der Waals surface area contributed by atoms with Gasteiger partial charge >= 0.3 is 5.97 Å². The molecule has 0 aliphatic rings. The molecule has 0 fully saturated rings. The van der Waals surface area contributed by atoms with Crippen LogP contribution in [0.25, 0.3) is 10.9 Å². The second kappa shape index (κ2) is 8.03. The fraction of sp³-hybridized carbons (Fsp3) is 0.200. The Labute approximate surface area is 166 Å². The maximum atomic E-state index is 13.2. The van der Waals surface area contributed by atoms with Crippen LogP contribution >= 0.6 is 23.2 Å². The van der Waals surface area contributed by atoms with Gasteiger partial charge in [-0.25, -0.2) is 0 Å². The van der Waals surface area contributed by atoms with Crippen molar-refractivity contribution in [3.8, 4) is 5.75 Å². The Morgan fingerprint density at radius 1 is 1.15 bits per heavy atom. The molecule has 0 unspecified atom stereocenters. The lowest BCUT2D eigenvalue weighted by molar-refractivity contribution is -0.140. The predicted octanol–water partition coefficient (Wildman–Crippen LogP) is 4.58. The Balaban J connectivity index is 2.21. The molecule has 5 nitrogen and oxygen atoms in total. The summed E-state index contributed by atoms with van der Waals surface area (Å²) in [6, 6.07) is 12.0. The first-order valence-corrected chi connectivity index (χ1v) is 9.08. The van der Waals surface area contributed by atoms with E-state index in [0.29, 0.717) is 33.1 Å². The van der Waals surface area contributed by atoms with Crippen LogP contribution in [0.1, 0.15) is 21.6 Å². The third-order valence-electron chi connectivity index (χ3n) is 4.39. The summed E-state index contributed by atoms with van der Waals surface area (Å²) >= 11 is 11.7. The minimum absolute atomic E-state index is 0.00891. The number of hydrogen-bond donors (Lipinski definition) is 0. The van der Waals surface area contributed by atoms with Gasteiger partial charge in [-0.3, -0.25) is 14.2 Å². The zero-order chi connectivity index (χ0) is 19.6. The molecule has 0 aliphatic heterocycles. The van der Waals surface area contributed by atoms with Crippen molar-refractivity contribution in [2.45, 2.75) is 13.3 Å². The number of alkyl halides is 1. The smallest absolute Gasteiger partial charge is 0.311 e. The van der Waals surface area contributed by atoms with Crippen LogP contribution in [0.2, 0.25) is 5.02 Å². The molecule has 27 heavy (non-hydrogen) atoms. The van der Waals surface area contributed by atoms with Gasteiger partial charge in [0.2, 0.25) is 0 Å². The molecule has 0 spiro atoms. The van der Waals surface area contributed by atoms with Crippen LogP contribution in [0.5, 0.6) is 5.75 Å². The lowest BCUT2D eigenvalue weighted by Crippen LogP contribution is -2.15. The van der Waals surface area contributed by atoms with Crippen molar-refractivity contribution in [2.24, 2.45) is 0 Å². The largest absolute Gasteiger partial charge is 0.497 e. The van der Waals surface area contributed by atoms with Crippen LogP contribution < -0.4 is 4.74 Å². The number of ether oxygens (including phenoxy) is 2. The molecule has 0 radical (unpaired) electrons. The molecular weight excluding hydrogens is 389 g/mol. The molecule has 140 valence electrons. The second-order valence-electron chi connectivity index (χ2n) is 5.87. The Morgan fingerprint density at radius 2 is 1.89 bits per heavy atom. The maximum absolute atomic E-state index is 13.2. The van der Waals surface area contributed by atoms with E-state index in [4.69, 9.17) is 32.7 Å². The van der Waals surface area contributed by atoms with E-state index < -0.39 is 5.97 Å². The van der Waals surface area contributed by atoms with Crippen LogP contribution in [0.15, 0.2) is 42.5 Å². The third kappa shape index (κ3) is 3.66. The number of benzene rings is 2. The molecule has 0 aliphatic carbocycles. The summed E-state index contributed by atoms with van der Waals surface area (Å²) in [7, 11) is 1.56. The second-order valence-corrected chi connectivity index (χ2v) is 6.50. The van der Waals surface area contributed by atoms with Crippen molar-refractivity contribution >= 4 is 46.0 Å². The number of methoxy groups -OCH3 is 1. The van der Waals surface area contributed by atoms with Gasteiger partial charge in [0, 0.05) is 11.1 Å². The zero-order valence-electron chi connectivity index (χ0n) is 14.8. The van der Waals surface area contributed by atoms with Gasteiger partial charge < -0.3 is 9.47 Å². The molecule has 7 heteroatoms. The van der Waals surface area contributed by atoms with E-state index in [1.165, 1.54) is 0 Å². The van der Waals surface area contributed by atoms with Gasteiger partial charge in [0.1, 0.15) is 5.75 Å². The SMILES string of the molecule is COc1ccc2c(c1)c(CC(=O)OCCl)c(C)n2C(=O)c1ccccc1Cl. The van der Waals surface area contributed by atoms with Gasteiger partial charge in [-0.05, 0) is 42.8 Å². The number of halogens is 2. The van der Waals surface area contributed by atoms with E-state index in [1.807, 2.05) is 0 Å². The number of esters is 1. The topological polar surface area (TPSA) is 57.5 Å². The highest BCUT2D eigenvalue weighted by molar-refractivity contribution is 6.34. The van der Waals surface area contributed by atoms with Crippen molar-refractivity contribution in [1.82, 2.24) is 4.57 Å². The summed E-state index contributed by atoms with van der Waals surface area (Å²) in [5.74, 6) is -0.123. The van der Waals surface area contributed by atoms with E-state index >= 15 is 0 Å². The normalized spacial score (nSPS) is 10.8. The average Bonchev–Trinajstić information content (AvgIpc) is 2.93. The van der Waals surface area contributed by atoms with E-state index in [9.17, 15) is 9.59 Å². The highest BCUT2D eigenvalue weighted by Crippen LogP contribution is 2.31. The van der Waals surface area contributed by atoms with Crippen molar-refractivity contribution < 1.29 is 19.1 Å². The molecule has 0 saturated carbocycles. The monoisotopic (exact) mass is 405 g/mol. The fourth-order valence-electron chi connectivity index (χ4n) is 3.09. The molecule has 3 rings (SSSR count). The molecule has 0 atom stereocenters. The third-order valence-corrected chi connectivity index (χ3v) is 4.82. The number of aromatic nitrogens is 1. The molecule has 0 saturated heterocycles. The molecule has 3 aromatic rings. The molecule has 0 bridgehead atoms. The lowest BCUT2D eigenvalue weighted by Gasteiger charge is -2.09. The Hall–Kier alpha value is -2.50. The van der Waals surface area contributed by atoms with Gasteiger partial charge in [0.15, 0.2) is 6.07 Å². The number of carbonyl (C=O) groups is 2. The fourth-order valence-corrected chi connectivity index (χ4v) is 3.42. The minimum Gasteiger partial charge on any atom is -0.497 e. The highest BCUT2D eigenvalue weighted by atomic mass is 35.5. The van der Waals surface area contributed by atoms with Crippen LogP contribution in [-0.4, -0.2) is 29.6 Å². The van der Waals surface area contributed by atoms with Gasteiger partial charge in [-0.1, -0.05) is 35.3 Å². The van der Waals surface area contributed by atoms with Crippen molar-refractivity contribution in [3.05, 3.63) is 64.3 Å². The number of fused-ring (bicyclic) bond motifs is 1. The van der Waals surface area contributed by atoms with Gasteiger partial charge in [0.05, 0.1) is 29.6 Å². The number of nitrogens with zero attached hydrogens (tertiary/aromatic N) is 1. The summed E-state index contributed by atoms with van der Waals surface area (Å²) in [5, 5.41) is 1.10. The summed E-state index contributed by atoms with van der Waals surface area (Å²) in [4.78, 5) is 25.2. The Morgan fingerprint density at radius 3 is 2.56 bits per heavy atom. The van der Waals surface area contributed by atoms with Crippen LogP contribution in [0, 0.1) is 6.92 Å². The van der Waals surface area contributed by atoms with E-state index in [2.05, 4.69) is 0 Å². The Bertz CT molecular complexity index is 1030. The summed E-state index contributed by atoms with van der Waals surface area (Å²) in [6.45, 7) is 1.78. The maximum Gasteiger partial charge on any atom is 0.311 e. The molecule has 1 aromatic heterocycles. The van der Waals surface area contributed by atoms with Crippen molar-refractivity contribution in [3.63, 3.8) is 0 Å². The average molecular weight is 406 g/mol.